The molecule has 1 amide bonds. The zero-order valence-electron chi connectivity index (χ0n) is 10.3. The molecule has 3 nitrogen and oxygen atoms in total. The summed E-state index contributed by atoms with van der Waals surface area (Å²) in [5, 5.41) is 7.28. The van der Waals surface area contributed by atoms with Crippen LogP contribution in [0, 0.1) is 0 Å². The molecule has 0 heterocycles. The number of carbonyl (C=O) groups is 1. The maximum atomic E-state index is 11.8. The molecule has 2 aromatic carbocycles. The van der Waals surface area contributed by atoms with Crippen molar-refractivity contribution in [3.8, 4) is 0 Å². The van der Waals surface area contributed by atoms with Gasteiger partial charge in [-0.25, -0.2) is 0 Å². The summed E-state index contributed by atoms with van der Waals surface area (Å²) in [6.07, 6.45) is 0. The Morgan fingerprint density at radius 2 is 1.45 bits per heavy atom. The highest BCUT2D eigenvalue weighted by Crippen LogP contribution is 2.22. The minimum absolute atomic E-state index is 0.131. The number of amides is 1. The molecule has 0 unspecified atom stereocenters. The molecular weight excluding hydrogens is 319 g/mol. The molecule has 0 aromatic heterocycles. The Bertz CT molecular complexity index is 594. The highest BCUT2D eigenvalue weighted by Gasteiger charge is 2.04. The van der Waals surface area contributed by atoms with Gasteiger partial charge in [0.1, 0.15) is 0 Å². The molecule has 2 rings (SSSR count). The van der Waals surface area contributed by atoms with Gasteiger partial charge in [-0.05, 0) is 42.5 Å². The third-order valence-corrected chi connectivity index (χ3v) is 3.13. The highest BCUT2D eigenvalue weighted by atomic mass is 35.5. The van der Waals surface area contributed by atoms with Crippen LogP contribution in [0.3, 0.4) is 0 Å². The molecule has 0 fully saturated rings. The van der Waals surface area contributed by atoms with Crippen molar-refractivity contribution in [2.75, 3.05) is 17.2 Å². The minimum Gasteiger partial charge on any atom is -0.376 e. The lowest BCUT2D eigenvalue weighted by molar-refractivity contribution is -0.114. The van der Waals surface area contributed by atoms with Gasteiger partial charge in [-0.2, -0.15) is 0 Å². The minimum atomic E-state index is -0.196. The first-order chi connectivity index (χ1) is 9.52. The second kappa shape index (κ2) is 6.84. The second-order valence-corrected chi connectivity index (χ2v) is 5.38. The van der Waals surface area contributed by atoms with Gasteiger partial charge in [0.25, 0.3) is 0 Å². The molecule has 20 heavy (non-hydrogen) atoms. The Balaban J connectivity index is 1.90. The summed E-state index contributed by atoms with van der Waals surface area (Å²) in [7, 11) is 0. The molecule has 2 aromatic rings. The van der Waals surface area contributed by atoms with Crippen molar-refractivity contribution in [2.45, 2.75) is 0 Å². The van der Waals surface area contributed by atoms with Crippen molar-refractivity contribution in [2.24, 2.45) is 0 Å². The quantitative estimate of drug-likeness (QED) is 0.854. The van der Waals surface area contributed by atoms with Crippen LogP contribution in [0.1, 0.15) is 0 Å². The van der Waals surface area contributed by atoms with Crippen molar-refractivity contribution in [1.29, 1.82) is 0 Å². The van der Waals surface area contributed by atoms with E-state index in [-0.39, 0.29) is 12.5 Å². The van der Waals surface area contributed by atoms with Crippen LogP contribution < -0.4 is 10.6 Å². The summed E-state index contributed by atoms with van der Waals surface area (Å²) in [5.41, 5.74) is 1.37. The van der Waals surface area contributed by atoms with E-state index in [9.17, 15) is 4.79 Å². The van der Waals surface area contributed by atoms with Gasteiger partial charge >= 0.3 is 0 Å². The first-order valence-electron chi connectivity index (χ1n) is 5.78. The van der Waals surface area contributed by atoms with E-state index >= 15 is 0 Å². The van der Waals surface area contributed by atoms with Crippen LogP contribution in [-0.4, -0.2) is 12.5 Å². The zero-order valence-corrected chi connectivity index (χ0v) is 12.6. The second-order valence-electron chi connectivity index (χ2n) is 4.07. The molecule has 0 spiro atoms. The summed E-state index contributed by atoms with van der Waals surface area (Å²) in [5.74, 6) is -0.196. The summed E-state index contributed by atoms with van der Waals surface area (Å²) in [4.78, 5) is 11.8. The zero-order chi connectivity index (χ0) is 14.5. The molecule has 0 saturated heterocycles. The van der Waals surface area contributed by atoms with Gasteiger partial charge in [0.15, 0.2) is 0 Å². The molecule has 0 saturated carbocycles. The average Bonchev–Trinajstić information content (AvgIpc) is 2.37. The maximum absolute atomic E-state index is 11.8. The van der Waals surface area contributed by atoms with E-state index in [0.717, 1.165) is 5.69 Å². The number of rotatable bonds is 4. The van der Waals surface area contributed by atoms with Gasteiger partial charge < -0.3 is 10.6 Å². The number of hydrogen-bond donors (Lipinski definition) is 2. The molecule has 0 aliphatic carbocycles. The number of hydrogen-bond acceptors (Lipinski definition) is 2. The molecule has 2 N–H and O–H groups in total. The topological polar surface area (TPSA) is 41.1 Å². The number of carbonyl (C=O) groups excluding carboxylic acids is 1. The molecule has 0 aliphatic rings. The van der Waals surface area contributed by atoms with E-state index in [1.165, 1.54) is 0 Å². The van der Waals surface area contributed by atoms with E-state index in [2.05, 4.69) is 10.6 Å². The fourth-order valence-electron chi connectivity index (χ4n) is 1.58. The molecule has 104 valence electrons. The SMILES string of the molecule is O=C(CNc1ccc(Cl)cc1)Nc1cc(Cl)cc(Cl)c1. The predicted molar refractivity (Wildman–Crippen MR) is 85.0 cm³/mol. The van der Waals surface area contributed by atoms with E-state index in [4.69, 9.17) is 34.8 Å². The monoisotopic (exact) mass is 328 g/mol. The first-order valence-corrected chi connectivity index (χ1v) is 6.92. The molecule has 0 radical (unpaired) electrons. The molecular formula is C14H11Cl3N2O. The fraction of sp³-hybridized carbons (Fsp3) is 0.0714. The van der Waals surface area contributed by atoms with Crippen molar-refractivity contribution in [1.82, 2.24) is 0 Å². The van der Waals surface area contributed by atoms with Crippen LogP contribution in [0.5, 0.6) is 0 Å². The smallest absolute Gasteiger partial charge is 0.243 e. The van der Waals surface area contributed by atoms with E-state index in [1.807, 2.05) is 0 Å². The lowest BCUT2D eigenvalue weighted by Gasteiger charge is -2.08. The summed E-state index contributed by atoms with van der Waals surface area (Å²) in [6, 6.07) is 12.0. The van der Waals surface area contributed by atoms with Gasteiger partial charge in [-0.1, -0.05) is 34.8 Å². The largest absolute Gasteiger partial charge is 0.376 e. The van der Waals surface area contributed by atoms with Gasteiger partial charge in [-0.3, -0.25) is 4.79 Å². The van der Waals surface area contributed by atoms with Gasteiger partial charge in [0.05, 0.1) is 6.54 Å². The van der Waals surface area contributed by atoms with E-state index < -0.39 is 0 Å². The molecule has 0 atom stereocenters. The third-order valence-electron chi connectivity index (χ3n) is 2.44. The number of benzene rings is 2. The van der Waals surface area contributed by atoms with Gasteiger partial charge in [0, 0.05) is 26.4 Å². The Kier molecular flexibility index (Phi) is 5.12. The predicted octanol–water partition coefficient (Wildman–Crippen LogP) is 4.70. The van der Waals surface area contributed by atoms with Crippen LogP contribution in [-0.2, 0) is 4.79 Å². The summed E-state index contributed by atoms with van der Waals surface area (Å²) in [6.45, 7) is 0.131. The van der Waals surface area contributed by atoms with Crippen molar-refractivity contribution < 1.29 is 4.79 Å². The highest BCUT2D eigenvalue weighted by molar-refractivity contribution is 6.35. The lowest BCUT2D eigenvalue weighted by atomic mass is 10.3. The molecule has 0 bridgehead atoms. The van der Waals surface area contributed by atoms with Gasteiger partial charge in [-0.15, -0.1) is 0 Å². The lowest BCUT2D eigenvalue weighted by Crippen LogP contribution is -2.21. The number of anilines is 2. The fourth-order valence-corrected chi connectivity index (χ4v) is 2.23. The Morgan fingerprint density at radius 3 is 2.05 bits per heavy atom. The van der Waals surface area contributed by atoms with Crippen LogP contribution in [0.2, 0.25) is 15.1 Å². The van der Waals surface area contributed by atoms with Crippen LogP contribution >= 0.6 is 34.8 Å². The first kappa shape index (κ1) is 15.0. The van der Waals surface area contributed by atoms with Crippen molar-refractivity contribution >= 4 is 52.1 Å². The van der Waals surface area contributed by atoms with Gasteiger partial charge in [0.2, 0.25) is 5.91 Å². The van der Waals surface area contributed by atoms with Crippen molar-refractivity contribution in [3.05, 3.63) is 57.5 Å². The molecule has 6 heteroatoms. The Hall–Kier alpha value is -1.42. The number of halogens is 3. The van der Waals surface area contributed by atoms with Crippen LogP contribution in [0.25, 0.3) is 0 Å². The number of nitrogens with one attached hydrogen (secondary N) is 2. The van der Waals surface area contributed by atoms with E-state index in [0.29, 0.717) is 20.8 Å². The van der Waals surface area contributed by atoms with Crippen LogP contribution in [0.4, 0.5) is 11.4 Å². The normalized spacial score (nSPS) is 10.2. The third kappa shape index (κ3) is 4.60. The summed E-state index contributed by atoms with van der Waals surface area (Å²) >= 11 is 17.5. The van der Waals surface area contributed by atoms with Crippen molar-refractivity contribution in [3.63, 3.8) is 0 Å². The molecule has 0 aliphatic heterocycles. The Morgan fingerprint density at radius 1 is 0.850 bits per heavy atom. The van der Waals surface area contributed by atoms with Crippen LogP contribution in [0.15, 0.2) is 42.5 Å². The average molecular weight is 330 g/mol. The standard InChI is InChI=1S/C14H11Cl3N2O/c15-9-1-3-12(4-2-9)18-8-14(20)19-13-6-10(16)5-11(17)7-13/h1-7,18H,8H2,(H,19,20). The Labute approximate surface area is 131 Å². The van der Waals surface area contributed by atoms with E-state index in [1.54, 1.807) is 42.5 Å². The maximum Gasteiger partial charge on any atom is 0.243 e. The summed E-state index contributed by atoms with van der Waals surface area (Å²) < 4.78 is 0.